The van der Waals surface area contributed by atoms with E-state index in [1.54, 1.807) is 13.2 Å². The van der Waals surface area contributed by atoms with Crippen molar-refractivity contribution in [2.75, 3.05) is 70.2 Å². The molecule has 2 aromatic carbocycles. The van der Waals surface area contributed by atoms with E-state index in [0.717, 1.165) is 133 Å². The van der Waals surface area contributed by atoms with E-state index in [0.29, 0.717) is 57.3 Å². The fourth-order valence-electron chi connectivity index (χ4n) is 11.0. The second-order valence-electron chi connectivity index (χ2n) is 19.3. The van der Waals surface area contributed by atoms with Crippen molar-refractivity contribution in [3.8, 4) is 5.88 Å². The van der Waals surface area contributed by atoms with Crippen LogP contribution in [0.2, 0.25) is 0 Å². The molecule has 8 heterocycles. The van der Waals surface area contributed by atoms with E-state index in [-0.39, 0.29) is 18.2 Å². The lowest BCUT2D eigenvalue weighted by Gasteiger charge is -2.26. The Morgan fingerprint density at radius 2 is 1.37 bits per heavy atom. The Labute approximate surface area is 409 Å². The number of benzene rings is 2. The first-order valence-corrected chi connectivity index (χ1v) is 25.3. The third kappa shape index (κ3) is 10.7. The van der Waals surface area contributed by atoms with E-state index >= 15 is 0 Å². The van der Waals surface area contributed by atoms with Crippen molar-refractivity contribution >= 4 is 45.2 Å². The zero-order valence-corrected chi connectivity index (χ0v) is 40.1. The molecule has 3 unspecified atom stereocenters. The summed E-state index contributed by atoms with van der Waals surface area (Å²) in [6, 6.07) is 24.6. The summed E-state index contributed by atoms with van der Waals surface area (Å²) in [5, 5.41) is 30.8. The van der Waals surface area contributed by atoms with Crippen molar-refractivity contribution in [1.29, 1.82) is 0 Å². The average Bonchev–Trinajstić information content (AvgIpc) is 4.05. The lowest BCUT2D eigenvalue weighted by atomic mass is 9.98. The summed E-state index contributed by atoms with van der Waals surface area (Å²) in [5.74, 6) is 0.734. The van der Waals surface area contributed by atoms with Gasteiger partial charge in [-0.15, -0.1) is 0 Å². The first-order chi connectivity index (χ1) is 34.3. The maximum atomic E-state index is 13.1. The highest BCUT2D eigenvalue weighted by Gasteiger charge is 2.37. The predicted molar refractivity (Wildman–Crippen MR) is 267 cm³/mol. The van der Waals surface area contributed by atoms with Crippen molar-refractivity contribution in [2.45, 2.75) is 101 Å². The molecule has 5 atom stereocenters. The molecule has 10 rings (SSSR count). The largest absolute Gasteiger partial charge is 0.481 e. The van der Waals surface area contributed by atoms with Crippen molar-refractivity contribution < 1.29 is 38.6 Å². The van der Waals surface area contributed by atoms with Crippen LogP contribution in [0.15, 0.2) is 91.3 Å². The van der Waals surface area contributed by atoms with Crippen LogP contribution in [0.25, 0.3) is 21.7 Å². The number of aromatic nitrogens is 4. The van der Waals surface area contributed by atoms with Crippen LogP contribution in [0.5, 0.6) is 5.88 Å². The molecule has 4 N–H and O–H groups in total. The fraction of sp³-hybridized carbons (Fsp3) is 0.455. The Morgan fingerprint density at radius 3 is 2.04 bits per heavy atom. The van der Waals surface area contributed by atoms with E-state index in [4.69, 9.17) is 24.2 Å². The van der Waals surface area contributed by atoms with Gasteiger partial charge in [0.1, 0.15) is 23.7 Å². The predicted octanol–water partition coefficient (Wildman–Crippen LogP) is 7.52. The number of nitrogens with one attached hydrogen (secondary N) is 2. The summed E-state index contributed by atoms with van der Waals surface area (Å²) in [6.07, 6.45) is 14.4. The van der Waals surface area contributed by atoms with Gasteiger partial charge in [-0.3, -0.25) is 19.4 Å². The molecule has 15 nitrogen and oxygen atoms in total. The molecular formula is C55H65N8O7+. The highest BCUT2D eigenvalue weighted by atomic mass is 16.5. The van der Waals surface area contributed by atoms with E-state index in [2.05, 4.69) is 73.9 Å². The Balaban J connectivity index is 0.690. The number of hydrogen-bond donors (Lipinski definition) is 4. The minimum absolute atomic E-state index is 0.00726. The minimum atomic E-state index is -0.882. The number of fused-ring (bicyclic) bond motifs is 4. The molecule has 4 aliphatic rings. The van der Waals surface area contributed by atoms with Gasteiger partial charge < -0.3 is 35.1 Å². The highest BCUT2D eigenvalue weighted by molar-refractivity contribution is 5.90. The number of likely N-dealkylation sites (tertiary alicyclic amines) is 2. The third-order valence-electron chi connectivity index (χ3n) is 14.7. The molecular weight excluding hydrogens is 885 g/mol. The second-order valence-corrected chi connectivity index (χ2v) is 19.3. The van der Waals surface area contributed by atoms with Crippen LogP contribution in [-0.4, -0.2) is 119 Å². The first kappa shape index (κ1) is 47.4. The average molecular weight is 950 g/mol. The Kier molecular flexibility index (Phi) is 14.8. The molecule has 2 fully saturated rings. The molecule has 0 saturated carbocycles. The molecule has 0 bridgehead atoms. The van der Waals surface area contributed by atoms with Gasteiger partial charge in [0.25, 0.3) is 0 Å². The SMILES string of the molecule is COc1ccc2c(C(C(=O)O)N3CC[C@@H](OCCCCc4ccc5c(n4)NCC([n+]4ccc6cccc(C(C(=O)O)N7CC[C@@H](OCCCCc8ccc9c(n8)NCCC9)C7)c6c4)C5)C3)cccc2n1. The number of carboxylic acids is 2. The van der Waals surface area contributed by atoms with Crippen LogP contribution in [0.1, 0.15) is 96.7 Å². The zero-order valence-electron chi connectivity index (χ0n) is 40.1. The molecule has 0 amide bonds. The van der Waals surface area contributed by atoms with Crippen LogP contribution in [0, 0.1) is 0 Å². The molecule has 15 heteroatoms. The second kappa shape index (κ2) is 21.8. The number of aryl methyl sites for hydroxylation is 3. The zero-order chi connectivity index (χ0) is 48.0. The van der Waals surface area contributed by atoms with Crippen molar-refractivity contribution in [2.24, 2.45) is 0 Å². The molecule has 0 aliphatic carbocycles. The number of ether oxygens (including phenoxy) is 3. The summed E-state index contributed by atoms with van der Waals surface area (Å²) >= 11 is 0. The highest BCUT2D eigenvalue weighted by Crippen LogP contribution is 2.34. The number of rotatable bonds is 20. The standard InChI is InChI=1S/C55H64N8O7/c1-68-49-21-20-44-45(14-7-15-48(44)60-49)50(54(64)65)62-27-23-42(33-62)69-30-5-3-12-40-19-17-38-31-41(32-57-53(38)59-40)61-26-22-36-9-6-13-46(47(36)35-61)51(55(66)67)63-28-24-43(34-63)70-29-4-2-11-39-18-16-37-10-8-25-56-52(37)58-39/h6-7,9,13-22,26,35,41-43,50-51H,2-5,8,10-12,23-25,27-34H2,1H3,(H3-,56,57,58,59,64,65,66,67)/p+1/t41?,42-,43-,50?,51?/m1/s1. The number of methoxy groups -OCH3 is 1. The van der Waals surface area contributed by atoms with Gasteiger partial charge in [0, 0.05) is 86.8 Å². The molecule has 4 aromatic heterocycles. The van der Waals surface area contributed by atoms with Crippen LogP contribution in [-0.2, 0) is 44.7 Å². The number of carboxylic acid groups (broad SMARTS) is 2. The van der Waals surface area contributed by atoms with Gasteiger partial charge in [0.2, 0.25) is 5.88 Å². The van der Waals surface area contributed by atoms with Gasteiger partial charge >= 0.3 is 11.9 Å². The number of hydrogen-bond acceptors (Lipinski definition) is 12. The lowest BCUT2D eigenvalue weighted by molar-refractivity contribution is -0.718. The van der Waals surface area contributed by atoms with E-state index < -0.39 is 24.0 Å². The minimum Gasteiger partial charge on any atom is -0.481 e. The first-order valence-electron chi connectivity index (χ1n) is 25.3. The molecule has 366 valence electrons. The third-order valence-corrected chi connectivity index (χ3v) is 14.7. The summed E-state index contributed by atoms with van der Waals surface area (Å²) in [4.78, 5) is 44.1. The quantitative estimate of drug-likeness (QED) is 0.0437. The van der Waals surface area contributed by atoms with Crippen LogP contribution < -0.4 is 19.9 Å². The monoisotopic (exact) mass is 949 g/mol. The van der Waals surface area contributed by atoms with Gasteiger partial charge in [-0.1, -0.05) is 42.5 Å². The maximum Gasteiger partial charge on any atom is 0.325 e. The number of anilines is 2. The molecule has 6 aromatic rings. The van der Waals surface area contributed by atoms with E-state index in [1.807, 2.05) is 41.3 Å². The molecule has 2 saturated heterocycles. The lowest BCUT2D eigenvalue weighted by Crippen LogP contribution is -2.46. The smallest absolute Gasteiger partial charge is 0.325 e. The van der Waals surface area contributed by atoms with Crippen molar-refractivity contribution in [3.05, 3.63) is 125 Å². The number of carbonyl (C=O) groups is 2. The molecule has 0 spiro atoms. The normalized spacial score (nSPS) is 20.1. The van der Waals surface area contributed by atoms with Gasteiger partial charge in [-0.25, -0.2) is 15.0 Å². The molecule has 70 heavy (non-hydrogen) atoms. The number of unbranched alkanes of at least 4 members (excludes halogenated alkanes) is 2. The molecule has 0 radical (unpaired) electrons. The summed E-state index contributed by atoms with van der Waals surface area (Å²) in [5.41, 5.74) is 6.87. The Bertz CT molecular complexity index is 2830. The van der Waals surface area contributed by atoms with Gasteiger partial charge in [-0.2, -0.15) is 4.57 Å². The number of pyridine rings is 4. The van der Waals surface area contributed by atoms with Crippen molar-refractivity contribution in [3.63, 3.8) is 0 Å². The van der Waals surface area contributed by atoms with Crippen LogP contribution >= 0.6 is 0 Å². The van der Waals surface area contributed by atoms with Crippen molar-refractivity contribution in [1.82, 2.24) is 24.8 Å². The van der Waals surface area contributed by atoms with Gasteiger partial charge in [-0.05, 0) is 111 Å². The van der Waals surface area contributed by atoms with Gasteiger partial charge in [0.15, 0.2) is 18.4 Å². The fourth-order valence-corrected chi connectivity index (χ4v) is 11.0. The summed E-state index contributed by atoms with van der Waals surface area (Å²) < 4.78 is 20.1. The van der Waals surface area contributed by atoms with Crippen LogP contribution in [0.4, 0.5) is 11.6 Å². The Morgan fingerprint density at radius 1 is 0.729 bits per heavy atom. The number of nitrogens with zero attached hydrogens (tertiary/aromatic N) is 6. The number of aliphatic carboxylic acids is 2. The molecule has 4 aliphatic heterocycles. The van der Waals surface area contributed by atoms with Gasteiger partial charge in [0.05, 0.1) is 36.8 Å². The van der Waals surface area contributed by atoms with E-state index in [9.17, 15) is 19.8 Å². The Hall–Kier alpha value is -6.26. The summed E-state index contributed by atoms with van der Waals surface area (Å²) in [6.45, 7) is 5.42. The topological polar surface area (TPSA) is 175 Å². The van der Waals surface area contributed by atoms with E-state index in [1.165, 1.54) is 5.56 Å². The maximum absolute atomic E-state index is 13.1. The summed E-state index contributed by atoms with van der Waals surface area (Å²) in [7, 11) is 1.57. The van der Waals surface area contributed by atoms with Crippen LogP contribution in [0.3, 0.4) is 0 Å².